The minimum Gasteiger partial charge on any atom is -0.460 e. The van der Waals surface area contributed by atoms with E-state index in [1.807, 2.05) is 37.4 Å². The quantitative estimate of drug-likeness (QED) is 0.494. The molecule has 2 heterocycles. The van der Waals surface area contributed by atoms with E-state index in [0.717, 1.165) is 25.7 Å². The molecule has 1 aliphatic heterocycles. The van der Waals surface area contributed by atoms with Crippen LogP contribution in [-0.4, -0.2) is 64.2 Å². The van der Waals surface area contributed by atoms with E-state index in [4.69, 9.17) is 4.74 Å². The first kappa shape index (κ1) is 23.3. The van der Waals surface area contributed by atoms with E-state index >= 15 is 0 Å². The highest BCUT2D eigenvalue weighted by Crippen LogP contribution is 2.42. The van der Waals surface area contributed by atoms with Crippen LogP contribution in [0.25, 0.3) is 0 Å². The summed E-state index contributed by atoms with van der Waals surface area (Å²) in [6, 6.07) is 9.19. The number of amides is 1. The smallest absolute Gasteiger partial charge is 0.343 e. The molecule has 2 N–H and O–H groups in total. The highest BCUT2D eigenvalue weighted by atomic mass is 16.6. The van der Waals surface area contributed by atoms with Crippen LogP contribution < -0.4 is 5.32 Å². The summed E-state index contributed by atoms with van der Waals surface area (Å²) < 4.78 is 6.46. The van der Waals surface area contributed by atoms with E-state index in [1.165, 1.54) is 12.4 Å². The molecule has 8 nitrogen and oxygen atoms in total. The second-order valence-corrected chi connectivity index (χ2v) is 9.58. The maximum Gasteiger partial charge on any atom is 0.343 e. The van der Waals surface area contributed by atoms with Gasteiger partial charge in [-0.3, -0.25) is 9.78 Å². The van der Waals surface area contributed by atoms with Crippen molar-refractivity contribution < 1.29 is 23.9 Å². The van der Waals surface area contributed by atoms with Gasteiger partial charge in [-0.2, -0.15) is 0 Å². The highest BCUT2D eigenvalue weighted by molar-refractivity contribution is 5.90. The second-order valence-electron chi connectivity index (χ2n) is 9.58. The first-order chi connectivity index (χ1) is 15.9. The van der Waals surface area contributed by atoms with Gasteiger partial charge < -0.3 is 19.6 Å². The number of carbonyl (C=O) groups is 2. The summed E-state index contributed by atoms with van der Waals surface area (Å²) in [6.45, 7) is 1.73. The van der Waals surface area contributed by atoms with Crippen molar-refractivity contribution >= 4 is 17.7 Å². The van der Waals surface area contributed by atoms with Gasteiger partial charge in [-0.1, -0.05) is 43.2 Å². The van der Waals surface area contributed by atoms with Gasteiger partial charge in [0, 0.05) is 31.2 Å². The van der Waals surface area contributed by atoms with Crippen LogP contribution in [0, 0.1) is 5.92 Å². The van der Waals surface area contributed by atoms with Gasteiger partial charge in [-0.15, -0.1) is 0 Å². The molecule has 0 spiro atoms. The molecule has 1 saturated carbocycles. The Morgan fingerprint density at radius 1 is 1.12 bits per heavy atom. The number of quaternary nitrogens is 1. The fourth-order valence-corrected chi connectivity index (χ4v) is 5.13. The maximum atomic E-state index is 13.3. The Morgan fingerprint density at radius 2 is 1.82 bits per heavy atom. The molecule has 4 rings (SSSR count). The van der Waals surface area contributed by atoms with E-state index < -0.39 is 11.6 Å². The molecular weight excluding hydrogens is 420 g/mol. The summed E-state index contributed by atoms with van der Waals surface area (Å²) in [5, 5.41) is 14.4. The zero-order valence-electron chi connectivity index (χ0n) is 19.2. The van der Waals surface area contributed by atoms with Crippen LogP contribution >= 0.6 is 0 Å². The zero-order chi connectivity index (χ0) is 23.3. The predicted molar refractivity (Wildman–Crippen MR) is 123 cm³/mol. The van der Waals surface area contributed by atoms with Crippen LogP contribution in [0.2, 0.25) is 0 Å². The van der Waals surface area contributed by atoms with Gasteiger partial charge in [0.1, 0.15) is 6.10 Å². The molecule has 8 heteroatoms. The molecule has 1 saturated heterocycles. The average molecular weight is 454 g/mol. The standard InChI is InChI=1S/C25H32N4O4/c1-29(18-23(30)28-22-17-26-13-14-27-22)15-11-21(12-16-29)33-24(31)25(32,20-9-5-6-10-20)19-7-3-2-4-8-19/h2-4,7-8,13-14,17,20-21,32H,5-6,9-12,15-16,18H2,1H3/p+1. The lowest BCUT2D eigenvalue weighted by Gasteiger charge is -2.40. The van der Waals surface area contributed by atoms with Gasteiger partial charge in [0.2, 0.25) is 0 Å². The number of benzene rings is 1. The lowest BCUT2D eigenvalue weighted by molar-refractivity contribution is -0.907. The molecule has 0 radical (unpaired) electrons. The Labute approximate surface area is 194 Å². The summed E-state index contributed by atoms with van der Waals surface area (Å²) in [6.07, 6.45) is 9.32. The lowest BCUT2D eigenvalue weighted by Crippen LogP contribution is -2.55. The Balaban J connectivity index is 1.35. The Kier molecular flexibility index (Phi) is 7.05. The molecule has 0 bridgehead atoms. The molecule has 1 aromatic heterocycles. The number of hydrogen-bond acceptors (Lipinski definition) is 6. The molecule has 2 aliphatic rings. The molecule has 176 valence electrons. The van der Waals surface area contributed by atoms with Crippen LogP contribution in [0.4, 0.5) is 5.82 Å². The van der Waals surface area contributed by atoms with Gasteiger partial charge in [0.25, 0.3) is 5.91 Å². The van der Waals surface area contributed by atoms with Crippen LogP contribution in [0.5, 0.6) is 0 Å². The van der Waals surface area contributed by atoms with Crippen LogP contribution in [-0.2, 0) is 19.9 Å². The molecule has 1 amide bonds. The summed E-state index contributed by atoms with van der Waals surface area (Å²) in [4.78, 5) is 33.8. The molecule has 2 fully saturated rings. The van der Waals surface area contributed by atoms with Crippen molar-refractivity contribution in [2.24, 2.45) is 5.92 Å². The summed E-state index contributed by atoms with van der Waals surface area (Å²) in [7, 11) is 2.03. The van der Waals surface area contributed by atoms with Crippen molar-refractivity contribution in [3.63, 3.8) is 0 Å². The third-order valence-electron chi connectivity index (χ3n) is 7.08. The van der Waals surface area contributed by atoms with Crippen molar-refractivity contribution in [2.75, 3.05) is 32.0 Å². The number of rotatable bonds is 7. The molecule has 33 heavy (non-hydrogen) atoms. The number of likely N-dealkylation sites (N-methyl/N-ethyl adjacent to an activating group) is 1. The van der Waals surface area contributed by atoms with Crippen molar-refractivity contribution in [3.8, 4) is 0 Å². The number of anilines is 1. The van der Waals surface area contributed by atoms with E-state index in [9.17, 15) is 14.7 Å². The number of likely N-dealkylation sites (tertiary alicyclic amines) is 1. The average Bonchev–Trinajstić information content (AvgIpc) is 3.37. The number of ether oxygens (including phenoxy) is 1. The number of aliphatic hydroxyl groups is 1. The summed E-state index contributed by atoms with van der Waals surface area (Å²) in [5.74, 6) is -0.345. The molecule has 2 aromatic rings. The lowest BCUT2D eigenvalue weighted by atomic mass is 9.80. The number of aromatic nitrogens is 2. The van der Waals surface area contributed by atoms with E-state index in [2.05, 4.69) is 15.3 Å². The van der Waals surface area contributed by atoms with E-state index in [0.29, 0.717) is 48.3 Å². The van der Waals surface area contributed by atoms with E-state index in [1.54, 1.807) is 6.20 Å². The highest BCUT2D eigenvalue weighted by Gasteiger charge is 2.49. The minimum atomic E-state index is -1.61. The van der Waals surface area contributed by atoms with Crippen molar-refractivity contribution in [1.82, 2.24) is 9.97 Å². The number of esters is 1. The monoisotopic (exact) mass is 453 g/mol. The van der Waals surface area contributed by atoms with Crippen LogP contribution in [0.1, 0.15) is 44.1 Å². The first-order valence-corrected chi connectivity index (χ1v) is 11.8. The molecule has 1 unspecified atom stereocenters. The summed E-state index contributed by atoms with van der Waals surface area (Å²) in [5.41, 5.74) is -0.997. The molecular formula is C25H33N4O4+. The van der Waals surface area contributed by atoms with Crippen LogP contribution in [0.3, 0.4) is 0 Å². The number of nitrogens with one attached hydrogen (secondary N) is 1. The Hall–Kier alpha value is -2.84. The van der Waals surface area contributed by atoms with E-state index in [-0.39, 0.29) is 17.9 Å². The zero-order valence-corrected chi connectivity index (χ0v) is 19.2. The van der Waals surface area contributed by atoms with Crippen molar-refractivity contribution in [3.05, 3.63) is 54.5 Å². The Morgan fingerprint density at radius 3 is 2.45 bits per heavy atom. The first-order valence-electron chi connectivity index (χ1n) is 11.8. The van der Waals surface area contributed by atoms with Crippen molar-refractivity contribution in [1.29, 1.82) is 0 Å². The largest absolute Gasteiger partial charge is 0.460 e. The van der Waals surface area contributed by atoms with Gasteiger partial charge in [0.05, 0.1) is 26.3 Å². The number of piperidine rings is 1. The van der Waals surface area contributed by atoms with Crippen molar-refractivity contribution in [2.45, 2.75) is 50.2 Å². The molecule has 1 atom stereocenters. The number of hydrogen-bond donors (Lipinski definition) is 2. The Bertz CT molecular complexity index is 941. The normalized spacial score (nSPS) is 25.2. The molecule has 1 aromatic carbocycles. The van der Waals surface area contributed by atoms with Gasteiger partial charge >= 0.3 is 5.97 Å². The minimum absolute atomic E-state index is 0.117. The maximum absolute atomic E-state index is 13.3. The van der Waals surface area contributed by atoms with Crippen LogP contribution in [0.15, 0.2) is 48.9 Å². The van der Waals surface area contributed by atoms with Gasteiger partial charge in [-0.25, -0.2) is 9.78 Å². The van der Waals surface area contributed by atoms with Gasteiger partial charge in [-0.05, 0) is 18.4 Å². The SMILES string of the molecule is C[N+]1(CC(=O)Nc2cnccn2)CCC(OC(=O)C(O)(c2ccccc2)C2CCCC2)CC1. The van der Waals surface area contributed by atoms with Gasteiger partial charge in [0.15, 0.2) is 18.0 Å². The summed E-state index contributed by atoms with van der Waals surface area (Å²) >= 11 is 0. The number of carbonyl (C=O) groups excluding carboxylic acids is 2. The molecule has 1 aliphatic carbocycles. The predicted octanol–water partition coefficient (Wildman–Crippen LogP) is 2.65. The third-order valence-corrected chi connectivity index (χ3v) is 7.08. The fraction of sp³-hybridized carbons (Fsp3) is 0.520. The number of nitrogens with zero attached hydrogens (tertiary/aromatic N) is 3. The third kappa shape index (κ3) is 5.39. The fourth-order valence-electron chi connectivity index (χ4n) is 5.13. The second kappa shape index (κ2) is 9.97. The topological polar surface area (TPSA) is 101 Å².